The standard InChI is InChI=1S/C12H15F2NO/c13-9-5-2-6-10(14)12(9)11(16)7-15-8-3-1-4-8/h2,5-6,8,11,15-16H,1,3-4,7H2. The first-order valence-corrected chi connectivity index (χ1v) is 5.54. The topological polar surface area (TPSA) is 32.3 Å². The summed E-state index contributed by atoms with van der Waals surface area (Å²) in [5, 5.41) is 12.8. The third kappa shape index (κ3) is 2.39. The zero-order chi connectivity index (χ0) is 11.5. The highest BCUT2D eigenvalue weighted by atomic mass is 19.1. The number of halogens is 2. The van der Waals surface area contributed by atoms with Crippen LogP contribution in [0.1, 0.15) is 30.9 Å². The zero-order valence-corrected chi connectivity index (χ0v) is 8.92. The predicted octanol–water partition coefficient (Wildman–Crippen LogP) is 2.14. The van der Waals surface area contributed by atoms with E-state index >= 15 is 0 Å². The molecule has 2 rings (SSSR count). The lowest BCUT2D eigenvalue weighted by molar-refractivity contribution is 0.153. The first-order chi connectivity index (χ1) is 7.68. The molecule has 1 aliphatic carbocycles. The molecule has 1 saturated carbocycles. The molecule has 1 aromatic carbocycles. The molecule has 0 spiro atoms. The molecule has 0 bridgehead atoms. The highest BCUT2D eigenvalue weighted by Gasteiger charge is 2.21. The first-order valence-electron chi connectivity index (χ1n) is 5.54. The number of aliphatic hydroxyl groups is 1. The smallest absolute Gasteiger partial charge is 0.131 e. The second-order valence-electron chi connectivity index (χ2n) is 4.19. The van der Waals surface area contributed by atoms with Gasteiger partial charge in [0.15, 0.2) is 0 Å². The Labute approximate surface area is 93.3 Å². The molecule has 4 heteroatoms. The largest absolute Gasteiger partial charge is 0.387 e. The minimum atomic E-state index is -1.12. The van der Waals surface area contributed by atoms with E-state index in [1.165, 1.54) is 12.5 Å². The van der Waals surface area contributed by atoms with Gasteiger partial charge in [0.2, 0.25) is 0 Å². The number of hydrogen-bond donors (Lipinski definition) is 2. The normalized spacial score (nSPS) is 18.2. The van der Waals surface area contributed by atoms with Crippen LogP contribution >= 0.6 is 0 Å². The van der Waals surface area contributed by atoms with Crippen molar-refractivity contribution in [3.05, 3.63) is 35.4 Å². The summed E-state index contributed by atoms with van der Waals surface area (Å²) in [6.07, 6.45) is 2.21. The number of aliphatic hydroxyl groups excluding tert-OH is 1. The molecule has 0 amide bonds. The van der Waals surface area contributed by atoms with Gasteiger partial charge in [0.25, 0.3) is 0 Å². The number of benzene rings is 1. The van der Waals surface area contributed by atoms with Crippen molar-refractivity contribution >= 4 is 0 Å². The molecule has 2 nitrogen and oxygen atoms in total. The lowest BCUT2D eigenvalue weighted by Gasteiger charge is -2.27. The maximum absolute atomic E-state index is 13.3. The third-order valence-electron chi connectivity index (χ3n) is 3.04. The maximum atomic E-state index is 13.3. The van der Waals surface area contributed by atoms with Gasteiger partial charge >= 0.3 is 0 Å². The predicted molar refractivity (Wildman–Crippen MR) is 57.0 cm³/mol. The third-order valence-corrected chi connectivity index (χ3v) is 3.04. The van der Waals surface area contributed by atoms with E-state index in [0.717, 1.165) is 25.0 Å². The average molecular weight is 227 g/mol. The molecule has 0 aromatic heterocycles. The monoisotopic (exact) mass is 227 g/mol. The second kappa shape index (κ2) is 4.89. The van der Waals surface area contributed by atoms with Gasteiger partial charge in [0, 0.05) is 12.6 Å². The summed E-state index contributed by atoms with van der Waals surface area (Å²) in [5.41, 5.74) is -0.241. The van der Waals surface area contributed by atoms with Crippen molar-refractivity contribution in [3.8, 4) is 0 Å². The summed E-state index contributed by atoms with van der Waals surface area (Å²) in [6, 6.07) is 4.00. The minimum Gasteiger partial charge on any atom is -0.387 e. The van der Waals surface area contributed by atoms with Crippen LogP contribution in [0.5, 0.6) is 0 Å². The molecule has 0 aliphatic heterocycles. The Bertz CT molecular complexity index is 346. The molecular formula is C12H15F2NO. The molecule has 88 valence electrons. The van der Waals surface area contributed by atoms with Crippen molar-refractivity contribution in [2.75, 3.05) is 6.54 Å². The summed E-state index contributed by atoms with van der Waals surface area (Å²) in [4.78, 5) is 0. The van der Waals surface area contributed by atoms with Crippen LogP contribution in [-0.4, -0.2) is 17.7 Å². The summed E-state index contributed by atoms with van der Waals surface area (Å²) in [6.45, 7) is 0.197. The van der Waals surface area contributed by atoms with E-state index < -0.39 is 17.7 Å². The second-order valence-corrected chi connectivity index (χ2v) is 4.19. The van der Waals surface area contributed by atoms with Crippen molar-refractivity contribution in [2.45, 2.75) is 31.4 Å². The van der Waals surface area contributed by atoms with Crippen molar-refractivity contribution in [2.24, 2.45) is 0 Å². The van der Waals surface area contributed by atoms with Gasteiger partial charge in [0.05, 0.1) is 11.7 Å². The van der Waals surface area contributed by atoms with E-state index in [4.69, 9.17) is 0 Å². The fourth-order valence-electron chi connectivity index (χ4n) is 1.82. The fraction of sp³-hybridized carbons (Fsp3) is 0.500. The summed E-state index contributed by atoms with van der Waals surface area (Å²) in [7, 11) is 0. The van der Waals surface area contributed by atoms with E-state index in [1.54, 1.807) is 0 Å². The van der Waals surface area contributed by atoms with Gasteiger partial charge in [-0.15, -0.1) is 0 Å². The highest BCUT2D eigenvalue weighted by Crippen LogP contribution is 2.22. The van der Waals surface area contributed by atoms with E-state index in [-0.39, 0.29) is 12.1 Å². The Morgan fingerprint density at radius 1 is 1.31 bits per heavy atom. The number of nitrogens with one attached hydrogen (secondary N) is 1. The van der Waals surface area contributed by atoms with E-state index in [2.05, 4.69) is 5.32 Å². The van der Waals surface area contributed by atoms with Gasteiger partial charge in [-0.05, 0) is 25.0 Å². The van der Waals surface area contributed by atoms with Gasteiger partial charge in [0.1, 0.15) is 11.6 Å². The Balaban J connectivity index is 1.98. The molecular weight excluding hydrogens is 212 g/mol. The van der Waals surface area contributed by atoms with E-state index in [1.807, 2.05) is 0 Å². The van der Waals surface area contributed by atoms with Crippen molar-refractivity contribution in [1.82, 2.24) is 5.32 Å². The first kappa shape index (κ1) is 11.5. The molecule has 0 saturated heterocycles. The van der Waals surface area contributed by atoms with Gasteiger partial charge in [-0.3, -0.25) is 0 Å². The van der Waals surface area contributed by atoms with Crippen LogP contribution < -0.4 is 5.32 Å². The Hall–Kier alpha value is -1.00. The van der Waals surface area contributed by atoms with Gasteiger partial charge in [-0.1, -0.05) is 12.5 Å². The van der Waals surface area contributed by atoms with E-state index in [9.17, 15) is 13.9 Å². The Morgan fingerprint density at radius 2 is 1.94 bits per heavy atom. The Morgan fingerprint density at radius 3 is 2.44 bits per heavy atom. The fourth-order valence-corrected chi connectivity index (χ4v) is 1.82. The van der Waals surface area contributed by atoms with Crippen LogP contribution in [-0.2, 0) is 0 Å². The van der Waals surface area contributed by atoms with Crippen molar-refractivity contribution in [3.63, 3.8) is 0 Å². The van der Waals surface area contributed by atoms with Crippen molar-refractivity contribution in [1.29, 1.82) is 0 Å². The molecule has 1 aromatic rings. The maximum Gasteiger partial charge on any atom is 0.131 e. The summed E-state index contributed by atoms with van der Waals surface area (Å²) < 4.78 is 26.6. The summed E-state index contributed by atoms with van der Waals surface area (Å²) in [5.74, 6) is -1.38. The van der Waals surface area contributed by atoms with Crippen LogP contribution in [0.15, 0.2) is 18.2 Å². The molecule has 1 fully saturated rings. The van der Waals surface area contributed by atoms with Crippen LogP contribution in [0.2, 0.25) is 0 Å². The molecule has 0 radical (unpaired) electrons. The van der Waals surface area contributed by atoms with Crippen LogP contribution in [0, 0.1) is 11.6 Å². The molecule has 0 heterocycles. The van der Waals surface area contributed by atoms with Crippen LogP contribution in [0.3, 0.4) is 0 Å². The minimum absolute atomic E-state index is 0.197. The zero-order valence-electron chi connectivity index (χ0n) is 8.92. The lowest BCUT2D eigenvalue weighted by Crippen LogP contribution is -2.37. The highest BCUT2D eigenvalue weighted by molar-refractivity contribution is 5.22. The molecule has 1 unspecified atom stereocenters. The van der Waals surface area contributed by atoms with E-state index in [0.29, 0.717) is 6.04 Å². The van der Waals surface area contributed by atoms with Gasteiger partial charge in [-0.25, -0.2) is 8.78 Å². The quantitative estimate of drug-likeness (QED) is 0.826. The lowest BCUT2D eigenvalue weighted by atomic mass is 9.93. The number of hydrogen-bond acceptors (Lipinski definition) is 2. The molecule has 2 N–H and O–H groups in total. The SMILES string of the molecule is OC(CNC1CCC1)c1c(F)cccc1F. The van der Waals surface area contributed by atoms with Crippen LogP contribution in [0.4, 0.5) is 8.78 Å². The molecule has 1 atom stereocenters. The van der Waals surface area contributed by atoms with Gasteiger partial charge < -0.3 is 10.4 Å². The molecule has 16 heavy (non-hydrogen) atoms. The van der Waals surface area contributed by atoms with Crippen molar-refractivity contribution < 1.29 is 13.9 Å². The average Bonchev–Trinajstić information content (AvgIpc) is 2.15. The Kier molecular flexibility index (Phi) is 3.51. The van der Waals surface area contributed by atoms with Crippen LogP contribution in [0.25, 0.3) is 0 Å². The molecule has 1 aliphatic rings. The van der Waals surface area contributed by atoms with Gasteiger partial charge in [-0.2, -0.15) is 0 Å². The number of rotatable bonds is 4. The summed E-state index contributed by atoms with van der Waals surface area (Å²) >= 11 is 0.